The minimum atomic E-state index is 0.210. The third kappa shape index (κ3) is 3.46. The SMILES string of the molecule is COc1ccc(CN2CCNC(C)(C)C2)cc1Br. The van der Waals surface area contributed by atoms with Crippen molar-refractivity contribution in [2.24, 2.45) is 0 Å². The summed E-state index contributed by atoms with van der Waals surface area (Å²) >= 11 is 3.54. The maximum atomic E-state index is 5.25. The zero-order valence-electron chi connectivity index (χ0n) is 11.3. The first-order chi connectivity index (χ1) is 8.50. The van der Waals surface area contributed by atoms with Gasteiger partial charge in [-0.3, -0.25) is 4.90 Å². The van der Waals surface area contributed by atoms with E-state index in [9.17, 15) is 0 Å². The summed E-state index contributed by atoms with van der Waals surface area (Å²) in [6.45, 7) is 8.74. The van der Waals surface area contributed by atoms with Gasteiger partial charge in [0.05, 0.1) is 11.6 Å². The lowest BCUT2D eigenvalue weighted by Crippen LogP contribution is -2.56. The molecule has 1 aromatic rings. The molecule has 0 amide bonds. The van der Waals surface area contributed by atoms with Crippen molar-refractivity contribution >= 4 is 15.9 Å². The van der Waals surface area contributed by atoms with E-state index in [1.807, 2.05) is 6.07 Å². The summed E-state index contributed by atoms with van der Waals surface area (Å²) in [5.41, 5.74) is 1.53. The van der Waals surface area contributed by atoms with E-state index in [2.05, 4.69) is 52.1 Å². The van der Waals surface area contributed by atoms with Crippen molar-refractivity contribution in [3.05, 3.63) is 28.2 Å². The number of hydrogen-bond acceptors (Lipinski definition) is 3. The Kier molecular flexibility index (Phi) is 4.30. The third-order valence-corrected chi connectivity index (χ3v) is 3.89. The summed E-state index contributed by atoms with van der Waals surface area (Å²) in [7, 11) is 1.69. The number of nitrogens with one attached hydrogen (secondary N) is 1. The monoisotopic (exact) mass is 312 g/mol. The average molecular weight is 313 g/mol. The standard InChI is InChI=1S/C14H21BrN2O/c1-14(2)10-17(7-6-16-14)9-11-4-5-13(18-3)12(15)8-11/h4-5,8,16H,6-7,9-10H2,1-3H3. The number of piperazine rings is 1. The summed E-state index contributed by atoms with van der Waals surface area (Å²) in [5.74, 6) is 0.888. The van der Waals surface area contributed by atoms with Crippen LogP contribution in [0.5, 0.6) is 5.75 Å². The van der Waals surface area contributed by atoms with Crippen LogP contribution in [0.25, 0.3) is 0 Å². The molecule has 3 nitrogen and oxygen atoms in total. The lowest BCUT2D eigenvalue weighted by molar-refractivity contribution is 0.148. The fourth-order valence-electron chi connectivity index (χ4n) is 2.45. The number of ether oxygens (including phenoxy) is 1. The predicted octanol–water partition coefficient (Wildman–Crippen LogP) is 2.64. The molecule has 0 radical (unpaired) electrons. The fraction of sp³-hybridized carbons (Fsp3) is 0.571. The number of nitrogens with zero attached hydrogens (tertiary/aromatic N) is 1. The molecule has 1 fully saturated rings. The smallest absolute Gasteiger partial charge is 0.133 e. The molecule has 18 heavy (non-hydrogen) atoms. The second-order valence-corrected chi connectivity index (χ2v) is 6.34. The van der Waals surface area contributed by atoms with E-state index in [0.29, 0.717) is 0 Å². The van der Waals surface area contributed by atoms with Crippen LogP contribution in [0, 0.1) is 0 Å². The predicted molar refractivity (Wildman–Crippen MR) is 78.1 cm³/mol. The lowest BCUT2D eigenvalue weighted by Gasteiger charge is -2.39. The Morgan fingerprint density at radius 3 is 2.83 bits per heavy atom. The first-order valence-electron chi connectivity index (χ1n) is 6.30. The molecule has 0 unspecified atom stereocenters. The van der Waals surface area contributed by atoms with Gasteiger partial charge < -0.3 is 10.1 Å². The number of halogens is 1. The Bertz CT molecular complexity index is 420. The van der Waals surface area contributed by atoms with Crippen LogP contribution in [-0.4, -0.2) is 37.2 Å². The van der Waals surface area contributed by atoms with Gasteiger partial charge in [-0.1, -0.05) is 6.07 Å². The topological polar surface area (TPSA) is 24.5 Å². The minimum Gasteiger partial charge on any atom is -0.496 e. The Labute approximate surface area is 118 Å². The molecule has 0 bridgehead atoms. The van der Waals surface area contributed by atoms with Crippen LogP contribution < -0.4 is 10.1 Å². The number of hydrogen-bond donors (Lipinski definition) is 1. The molecule has 1 N–H and O–H groups in total. The zero-order chi connectivity index (χ0) is 13.2. The number of rotatable bonds is 3. The van der Waals surface area contributed by atoms with Crippen LogP contribution in [-0.2, 0) is 6.54 Å². The summed E-state index contributed by atoms with van der Waals surface area (Å²) in [6.07, 6.45) is 0. The van der Waals surface area contributed by atoms with Crippen molar-refractivity contribution < 1.29 is 4.74 Å². The molecule has 4 heteroatoms. The second kappa shape index (κ2) is 5.59. The zero-order valence-corrected chi connectivity index (χ0v) is 12.9. The van der Waals surface area contributed by atoms with E-state index in [4.69, 9.17) is 4.74 Å². The molecule has 0 saturated carbocycles. The van der Waals surface area contributed by atoms with Crippen LogP contribution in [0.15, 0.2) is 22.7 Å². The van der Waals surface area contributed by atoms with E-state index < -0.39 is 0 Å². The first kappa shape index (κ1) is 13.8. The van der Waals surface area contributed by atoms with E-state index >= 15 is 0 Å². The van der Waals surface area contributed by atoms with E-state index in [1.165, 1.54) is 5.56 Å². The molecule has 1 aliphatic rings. The van der Waals surface area contributed by atoms with Crippen LogP contribution >= 0.6 is 15.9 Å². The van der Waals surface area contributed by atoms with Gasteiger partial charge in [0.15, 0.2) is 0 Å². The van der Waals surface area contributed by atoms with Crippen molar-refractivity contribution in [3.8, 4) is 5.75 Å². The van der Waals surface area contributed by atoms with Crippen LogP contribution in [0.3, 0.4) is 0 Å². The molecule has 0 atom stereocenters. The van der Waals surface area contributed by atoms with Gasteiger partial charge in [0.1, 0.15) is 5.75 Å². The van der Waals surface area contributed by atoms with Gasteiger partial charge >= 0.3 is 0 Å². The maximum Gasteiger partial charge on any atom is 0.133 e. The Morgan fingerprint density at radius 2 is 2.22 bits per heavy atom. The van der Waals surface area contributed by atoms with Gasteiger partial charge in [-0.15, -0.1) is 0 Å². The van der Waals surface area contributed by atoms with Gasteiger partial charge in [-0.25, -0.2) is 0 Å². The highest BCUT2D eigenvalue weighted by molar-refractivity contribution is 9.10. The summed E-state index contributed by atoms with van der Waals surface area (Å²) in [6, 6.07) is 6.30. The second-order valence-electron chi connectivity index (χ2n) is 5.49. The largest absolute Gasteiger partial charge is 0.496 e. The van der Waals surface area contributed by atoms with E-state index in [1.54, 1.807) is 7.11 Å². The van der Waals surface area contributed by atoms with Crippen LogP contribution in [0.4, 0.5) is 0 Å². The Morgan fingerprint density at radius 1 is 1.44 bits per heavy atom. The van der Waals surface area contributed by atoms with Crippen molar-refractivity contribution in [2.75, 3.05) is 26.7 Å². The average Bonchev–Trinajstić information content (AvgIpc) is 2.28. The van der Waals surface area contributed by atoms with Gasteiger partial charge in [0.25, 0.3) is 0 Å². The van der Waals surface area contributed by atoms with E-state index in [0.717, 1.165) is 36.4 Å². The molecule has 1 aliphatic heterocycles. The van der Waals surface area contributed by atoms with Crippen molar-refractivity contribution in [1.29, 1.82) is 0 Å². The Balaban J connectivity index is 2.03. The third-order valence-electron chi connectivity index (χ3n) is 3.27. The molecule has 1 heterocycles. The molecule has 1 saturated heterocycles. The number of benzene rings is 1. The van der Waals surface area contributed by atoms with Gasteiger partial charge in [-0.2, -0.15) is 0 Å². The summed E-state index contributed by atoms with van der Waals surface area (Å²) < 4.78 is 6.28. The highest BCUT2D eigenvalue weighted by Crippen LogP contribution is 2.26. The van der Waals surface area contributed by atoms with Crippen molar-refractivity contribution in [1.82, 2.24) is 10.2 Å². The summed E-state index contributed by atoms with van der Waals surface area (Å²) in [4.78, 5) is 2.49. The first-order valence-corrected chi connectivity index (χ1v) is 7.09. The highest BCUT2D eigenvalue weighted by Gasteiger charge is 2.25. The van der Waals surface area contributed by atoms with Gasteiger partial charge in [-0.05, 0) is 47.5 Å². The van der Waals surface area contributed by atoms with Crippen molar-refractivity contribution in [2.45, 2.75) is 25.9 Å². The normalized spacial score (nSPS) is 19.8. The molecular formula is C14H21BrN2O. The summed E-state index contributed by atoms with van der Waals surface area (Å²) in [5, 5.41) is 3.53. The molecular weight excluding hydrogens is 292 g/mol. The lowest BCUT2D eigenvalue weighted by atomic mass is 10.0. The number of methoxy groups -OCH3 is 1. The quantitative estimate of drug-likeness (QED) is 0.928. The maximum absolute atomic E-state index is 5.25. The van der Waals surface area contributed by atoms with Crippen molar-refractivity contribution in [3.63, 3.8) is 0 Å². The molecule has 0 aliphatic carbocycles. The fourth-order valence-corrected chi connectivity index (χ4v) is 3.04. The Hall–Kier alpha value is -0.580. The molecule has 0 spiro atoms. The minimum absolute atomic E-state index is 0.210. The molecule has 1 aromatic carbocycles. The van der Waals surface area contributed by atoms with Crippen LogP contribution in [0.2, 0.25) is 0 Å². The van der Waals surface area contributed by atoms with Gasteiger partial charge in [0.2, 0.25) is 0 Å². The molecule has 100 valence electrons. The van der Waals surface area contributed by atoms with Crippen LogP contribution in [0.1, 0.15) is 19.4 Å². The highest BCUT2D eigenvalue weighted by atomic mass is 79.9. The molecule has 2 rings (SSSR count). The van der Waals surface area contributed by atoms with Gasteiger partial charge in [0, 0.05) is 31.7 Å². The van der Waals surface area contributed by atoms with E-state index in [-0.39, 0.29) is 5.54 Å². The molecule has 0 aromatic heterocycles.